The Morgan fingerprint density at radius 2 is 1.93 bits per heavy atom. The number of rotatable bonds is 6. The highest BCUT2D eigenvalue weighted by atomic mass is 79.9. The van der Waals surface area contributed by atoms with Crippen LogP contribution < -0.4 is 5.56 Å². The molecule has 0 unspecified atom stereocenters. The van der Waals surface area contributed by atoms with Gasteiger partial charge in [-0.3, -0.25) is 4.79 Å². The topological polar surface area (TPSA) is 84.7 Å². The minimum atomic E-state index is -0.121. The molecule has 1 N–H and O–H groups in total. The van der Waals surface area contributed by atoms with Crippen LogP contribution in [0.2, 0.25) is 0 Å². The van der Waals surface area contributed by atoms with E-state index in [4.69, 9.17) is 4.52 Å². The van der Waals surface area contributed by atoms with Gasteiger partial charge >= 0.3 is 0 Å². The molecule has 0 aliphatic heterocycles. The molecule has 4 rings (SSSR count). The van der Waals surface area contributed by atoms with Gasteiger partial charge in [0.05, 0.1) is 5.75 Å². The summed E-state index contributed by atoms with van der Waals surface area (Å²) in [5, 5.41) is 4.56. The maximum atomic E-state index is 12.5. The molecule has 0 atom stereocenters. The number of H-pyrrole nitrogens is 1. The Kier molecular flexibility index (Phi) is 5.92. The first-order valence-electron chi connectivity index (χ1n) is 8.93. The second-order valence-corrected chi connectivity index (χ2v) is 8.29. The van der Waals surface area contributed by atoms with E-state index in [1.807, 2.05) is 61.5 Å². The largest absolute Gasteiger partial charge is 0.338 e. The number of thioether (sulfide) groups is 1. The molecule has 8 heteroatoms. The zero-order valence-electron chi connectivity index (χ0n) is 15.6. The highest BCUT2D eigenvalue weighted by Crippen LogP contribution is 2.23. The molecule has 2 aromatic carbocycles. The van der Waals surface area contributed by atoms with Crippen LogP contribution in [0.1, 0.15) is 22.7 Å². The van der Waals surface area contributed by atoms with Crippen molar-refractivity contribution < 1.29 is 4.52 Å². The lowest BCUT2D eigenvalue weighted by atomic mass is 10.1. The van der Waals surface area contributed by atoms with Gasteiger partial charge < -0.3 is 9.51 Å². The van der Waals surface area contributed by atoms with Gasteiger partial charge in [0.1, 0.15) is 0 Å². The third-order valence-corrected chi connectivity index (χ3v) is 5.66. The number of aryl methyl sites for hydroxylation is 1. The molecule has 2 heterocycles. The van der Waals surface area contributed by atoms with Crippen LogP contribution in [-0.2, 0) is 12.2 Å². The number of aromatic nitrogens is 4. The summed E-state index contributed by atoms with van der Waals surface area (Å²) < 4.78 is 6.27. The van der Waals surface area contributed by atoms with Crippen LogP contribution in [-0.4, -0.2) is 20.1 Å². The summed E-state index contributed by atoms with van der Waals surface area (Å²) in [4.78, 5) is 24.3. The lowest BCUT2D eigenvalue weighted by Crippen LogP contribution is -2.17. The van der Waals surface area contributed by atoms with Gasteiger partial charge in [-0.2, -0.15) is 4.98 Å². The molecule has 0 fully saturated rings. The first-order chi connectivity index (χ1) is 14.1. The van der Waals surface area contributed by atoms with E-state index in [2.05, 4.69) is 36.0 Å². The molecule has 2 aromatic heterocycles. The summed E-state index contributed by atoms with van der Waals surface area (Å²) in [6.07, 6.45) is 0.555. The van der Waals surface area contributed by atoms with Gasteiger partial charge in [0.25, 0.3) is 5.56 Å². The summed E-state index contributed by atoms with van der Waals surface area (Å²) in [6, 6.07) is 17.6. The van der Waals surface area contributed by atoms with Gasteiger partial charge in [-0.15, -0.1) is 0 Å². The van der Waals surface area contributed by atoms with Crippen molar-refractivity contribution in [1.82, 2.24) is 20.1 Å². The average molecular weight is 469 g/mol. The monoisotopic (exact) mass is 468 g/mol. The number of nitrogens with zero attached hydrogens (tertiary/aromatic N) is 3. The summed E-state index contributed by atoms with van der Waals surface area (Å²) >= 11 is 4.79. The second-order valence-electron chi connectivity index (χ2n) is 6.41. The normalized spacial score (nSPS) is 11.0. The Labute approximate surface area is 179 Å². The van der Waals surface area contributed by atoms with Crippen LogP contribution in [0, 0.1) is 6.92 Å². The Balaban J connectivity index is 1.46. The van der Waals surface area contributed by atoms with Gasteiger partial charge in [-0.1, -0.05) is 75.3 Å². The van der Waals surface area contributed by atoms with E-state index in [1.165, 1.54) is 11.8 Å². The Morgan fingerprint density at radius 3 is 2.69 bits per heavy atom. The molecule has 29 heavy (non-hydrogen) atoms. The summed E-state index contributed by atoms with van der Waals surface area (Å²) in [5.74, 6) is 1.41. The Bertz CT molecular complexity index is 1190. The average Bonchev–Trinajstić information content (AvgIpc) is 3.19. The fourth-order valence-corrected chi connectivity index (χ4v) is 3.99. The van der Waals surface area contributed by atoms with Gasteiger partial charge in [-0.25, -0.2) is 4.98 Å². The highest BCUT2D eigenvalue weighted by Gasteiger charge is 2.13. The number of benzene rings is 2. The standard InChI is InChI=1S/C21H17BrN4O2S/c1-13-17(10-14-6-3-2-4-7-14)20(27)25-21(23-13)29-12-18-24-19(26-28-18)15-8-5-9-16(22)11-15/h2-9,11H,10,12H2,1H3,(H,23,25,27). The molecule has 0 saturated heterocycles. The van der Waals surface area contributed by atoms with Crippen LogP contribution in [0.5, 0.6) is 0 Å². The van der Waals surface area contributed by atoms with E-state index in [-0.39, 0.29) is 5.56 Å². The molecule has 0 radical (unpaired) electrons. The van der Waals surface area contributed by atoms with Crippen LogP contribution in [0.25, 0.3) is 11.4 Å². The molecule has 0 amide bonds. The van der Waals surface area contributed by atoms with Crippen molar-refractivity contribution in [2.45, 2.75) is 24.3 Å². The third-order valence-electron chi connectivity index (χ3n) is 4.31. The molecule has 0 saturated carbocycles. The molecular formula is C21H17BrN4O2S. The van der Waals surface area contributed by atoms with Gasteiger partial charge in [0.15, 0.2) is 5.16 Å². The minimum absolute atomic E-state index is 0.121. The number of hydrogen-bond acceptors (Lipinski definition) is 6. The molecular weight excluding hydrogens is 452 g/mol. The third kappa shape index (κ3) is 4.83. The fourth-order valence-electron chi connectivity index (χ4n) is 2.85. The summed E-state index contributed by atoms with van der Waals surface area (Å²) in [7, 11) is 0. The Morgan fingerprint density at radius 1 is 1.10 bits per heavy atom. The van der Waals surface area contributed by atoms with E-state index in [0.717, 1.165) is 21.3 Å². The van der Waals surface area contributed by atoms with E-state index in [9.17, 15) is 4.79 Å². The molecule has 6 nitrogen and oxygen atoms in total. The first-order valence-corrected chi connectivity index (χ1v) is 10.7. The lowest BCUT2D eigenvalue weighted by Gasteiger charge is -2.06. The number of halogens is 1. The van der Waals surface area contributed by atoms with Gasteiger partial charge in [0.2, 0.25) is 11.7 Å². The molecule has 0 aliphatic rings. The maximum absolute atomic E-state index is 12.5. The Hall–Kier alpha value is -2.71. The molecule has 0 spiro atoms. The van der Waals surface area contributed by atoms with Gasteiger partial charge in [-0.05, 0) is 24.6 Å². The van der Waals surface area contributed by atoms with Gasteiger partial charge in [0, 0.05) is 27.7 Å². The molecule has 0 aliphatic carbocycles. The van der Waals surface area contributed by atoms with Crippen molar-refractivity contribution in [2.24, 2.45) is 0 Å². The predicted molar refractivity (Wildman–Crippen MR) is 116 cm³/mol. The van der Waals surface area contributed by atoms with Crippen molar-refractivity contribution in [2.75, 3.05) is 0 Å². The van der Waals surface area contributed by atoms with Crippen molar-refractivity contribution in [3.8, 4) is 11.4 Å². The smallest absolute Gasteiger partial charge is 0.255 e. The van der Waals surface area contributed by atoms with E-state index >= 15 is 0 Å². The van der Waals surface area contributed by atoms with Crippen molar-refractivity contribution in [3.05, 3.63) is 92.1 Å². The zero-order valence-corrected chi connectivity index (χ0v) is 18.0. The summed E-state index contributed by atoms with van der Waals surface area (Å²) in [5.41, 5.74) is 3.22. The minimum Gasteiger partial charge on any atom is -0.338 e. The van der Waals surface area contributed by atoms with Crippen LogP contribution in [0.3, 0.4) is 0 Å². The van der Waals surface area contributed by atoms with Crippen LogP contribution >= 0.6 is 27.7 Å². The second kappa shape index (κ2) is 8.75. The lowest BCUT2D eigenvalue weighted by molar-refractivity contribution is 0.391. The SMILES string of the molecule is Cc1nc(SCc2nc(-c3cccc(Br)c3)no2)[nH]c(=O)c1Cc1ccccc1. The highest BCUT2D eigenvalue weighted by molar-refractivity contribution is 9.10. The maximum Gasteiger partial charge on any atom is 0.255 e. The number of nitrogens with one attached hydrogen (secondary N) is 1. The van der Waals surface area contributed by atoms with E-state index < -0.39 is 0 Å². The molecule has 4 aromatic rings. The van der Waals surface area contributed by atoms with Crippen molar-refractivity contribution in [1.29, 1.82) is 0 Å². The predicted octanol–water partition coefficient (Wildman–Crippen LogP) is 4.77. The quantitative estimate of drug-likeness (QED) is 0.323. The van der Waals surface area contributed by atoms with Crippen molar-refractivity contribution in [3.63, 3.8) is 0 Å². The first kappa shape index (κ1) is 19.6. The van der Waals surface area contributed by atoms with Crippen LogP contribution in [0.4, 0.5) is 0 Å². The van der Waals surface area contributed by atoms with Crippen molar-refractivity contribution >= 4 is 27.7 Å². The number of aromatic amines is 1. The molecule has 146 valence electrons. The number of hydrogen-bond donors (Lipinski definition) is 1. The fraction of sp³-hybridized carbons (Fsp3) is 0.143. The van der Waals surface area contributed by atoms with E-state index in [0.29, 0.717) is 34.6 Å². The zero-order chi connectivity index (χ0) is 20.2. The summed E-state index contributed by atoms with van der Waals surface area (Å²) in [6.45, 7) is 1.86. The van der Waals surface area contributed by atoms with Crippen LogP contribution in [0.15, 0.2) is 73.5 Å². The van der Waals surface area contributed by atoms with E-state index in [1.54, 1.807) is 0 Å². The molecule has 0 bridgehead atoms.